The lowest BCUT2D eigenvalue weighted by Crippen LogP contribution is -2.07. The van der Waals surface area contributed by atoms with Crippen LogP contribution in [0.2, 0.25) is 5.02 Å². The van der Waals surface area contributed by atoms with E-state index in [9.17, 15) is 4.79 Å². The van der Waals surface area contributed by atoms with Crippen LogP contribution in [0, 0.1) is 0 Å². The van der Waals surface area contributed by atoms with E-state index >= 15 is 0 Å². The lowest BCUT2D eigenvalue weighted by molar-refractivity contribution is -0.139. The third-order valence-electron chi connectivity index (χ3n) is 3.85. The SMILES string of the molecule is CCOC(=O)CSc1ccncc1Cc1ccc(Cl)c2ccccc12. The Hall–Kier alpha value is -2.04. The number of carbonyl (C=O) groups excluding carboxylic acids is 1. The van der Waals surface area contributed by atoms with Gasteiger partial charge < -0.3 is 4.74 Å². The van der Waals surface area contributed by atoms with E-state index in [-0.39, 0.29) is 5.97 Å². The maximum atomic E-state index is 11.6. The Morgan fingerprint density at radius 3 is 2.72 bits per heavy atom. The summed E-state index contributed by atoms with van der Waals surface area (Å²) in [5.74, 6) is 0.0962. The summed E-state index contributed by atoms with van der Waals surface area (Å²) in [5.41, 5.74) is 2.27. The van der Waals surface area contributed by atoms with Gasteiger partial charge in [0.2, 0.25) is 0 Å². The highest BCUT2D eigenvalue weighted by atomic mass is 35.5. The molecule has 25 heavy (non-hydrogen) atoms. The summed E-state index contributed by atoms with van der Waals surface area (Å²) in [6.07, 6.45) is 4.34. The molecule has 0 spiro atoms. The first-order chi connectivity index (χ1) is 12.2. The number of pyridine rings is 1. The molecule has 2 aromatic carbocycles. The minimum atomic E-state index is -0.202. The average Bonchev–Trinajstić information content (AvgIpc) is 2.64. The summed E-state index contributed by atoms with van der Waals surface area (Å²) in [4.78, 5) is 16.9. The number of halogens is 1. The largest absolute Gasteiger partial charge is 0.465 e. The maximum Gasteiger partial charge on any atom is 0.316 e. The highest BCUT2D eigenvalue weighted by molar-refractivity contribution is 8.00. The molecule has 0 saturated heterocycles. The van der Waals surface area contributed by atoms with Crippen LogP contribution < -0.4 is 0 Å². The number of ether oxygens (including phenoxy) is 1. The van der Waals surface area contributed by atoms with E-state index in [1.165, 1.54) is 17.3 Å². The van der Waals surface area contributed by atoms with Crippen molar-refractivity contribution < 1.29 is 9.53 Å². The van der Waals surface area contributed by atoms with Crippen molar-refractivity contribution in [2.45, 2.75) is 18.2 Å². The number of hydrogen-bond donors (Lipinski definition) is 0. The second kappa shape index (κ2) is 8.37. The summed E-state index contributed by atoms with van der Waals surface area (Å²) >= 11 is 7.79. The van der Waals surface area contributed by atoms with Crippen LogP contribution in [0.3, 0.4) is 0 Å². The van der Waals surface area contributed by atoms with Gasteiger partial charge in [0.1, 0.15) is 0 Å². The van der Waals surface area contributed by atoms with Crippen LogP contribution in [-0.2, 0) is 16.0 Å². The minimum absolute atomic E-state index is 0.202. The highest BCUT2D eigenvalue weighted by Crippen LogP contribution is 2.30. The minimum Gasteiger partial charge on any atom is -0.465 e. The van der Waals surface area contributed by atoms with E-state index in [0.717, 1.165) is 32.7 Å². The van der Waals surface area contributed by atoms with Crippen LogP contribution >= 0.6 is 23.4 Å². The van der Waals surface area contributed by atoms with Gasteiger partial charge in [-0.05, 0) is 35.6 Å². The van der Waals surface area contributed by atoms with Gasteiger partial charge in [-0.25, -0.2) is 0 Å². The Kier molecular flexibility index (Phi) is 5.95. The molecule has 3 rings (SSSR count). The smallest absolute Gasteiger partial charge is 0.316 e. The van der Waals surface area contributed by atoms with E-state index in [2.05, 4.69) is 17.1 Å². The summed E-state index contributed by atoms with van der Waals surface area (Å²) in [6, 6.07) is 14.0. The third kappa shape index (κ3) is 4.33. The topological polar surface area (TPSA) is 39.2 Å². The number of fused-ring (bicyclic) bond motifs is 1. The monoisotopic (exact) mass is 371 g/mol. The third-order valence-corrected chi connectivity index (χ3v) is 5.27. The molecule has 0 N–H and O–H groups in total. The quantitative estimate of drug-likeness (QED) is 0.444. The van der Waals surface area contributed by atoms with Gasteiger partial charge in [-0.15, -0.1) is 11.8 Å². The van der Waals surface area contributed by atoms with Crippen molar-refractivity contribution >= 4 is 40.1 Å². The second-order valence-electron chi connectivity index (χ2n) is 5.51. The lowest BCUT2D eigenvalue weighted by atomic mass is 9.99. The van der Waals surface area contributed by atoms with E-state index in [1.807, 2.05) is 43.5 Å². The molecule has 0 amide bonds. The number of benzene rings is 2. The highest BCUT2D eigenvalue weighted by Gasteiger charge is 2.10. The Labute approximate surface area is 156 Å². The van der Waals surface area contributed by atoms with Crippen molar-refractivity contribution in [1.29, 1.82) is 0 Å². The van der Waals surface area contributed by atoms with E-state index in [0.29, 0.717) is 12.4 Å². The zero-order valence-corrected chi connectivity index (χ0v) is 15.4. The normalized spacial score (nSPS) is 10.8. The zero-order chi connectivity index (χ0) is 17.6. The molecule has 0 radical (unpaired) electrons. The van der Waals surface area contributed by atoms with Crippen molar-refractivity contribution in [3.05, 3.63) is 71.0 Å². The number of esters is 1. The fourth-order valence-electron chi connectivity index (χ4n) is 2.71. The van der Waals surface area contributed by atoms with Crippen LogP contribution in [0.4, 0.5) is 0 Å². The molecule has 128 valence electrons. The number of thioether (sulfide) groups is 1. The average molecular weight is 372 g/mol. The van der Waals surface area contributed by atoms with Crippen LogP contribution in [0.25, 0.3) is 10.8 Å². The number of carbonyl (C=O) groups is 1. The van der Waals surface area contributed by atoms with Crippen molar-refractivity contribution in [3.8, 4) is 0 Å². The number of hydrogen-bond acceptors (Lipinski definition) is 4. The molecule has 0 atom stereocenters. The first-order valence-corrected chi connectivity index (χ1v) is 9.43. The van der Waals surface area contributed by atoms with Crippen LogP contribution in [0.5, 0.6) is 0 Å². The molecule has 0 saturated carbocycles. The summed E-state index contributed by atoms with van der Waals surface area (Å²) in [7, 11) is 0. The summed E-state index contributed by atoms with van der Waals surface area (Å²) in [5, 5.41) is 2.94. The van der Waals surface area contributed by atoms with Gasteiger partial charge in [-0.1, -0.05) is 41.9 Å². The Bertz CT molecular complexity index is 898. The van der Waals surface area contributed by atoms with Gasteiger partial charge in [0.05, 0.1) is 12.4 Å². The van der Waals surface area contributed by atoms with Crippen LogP contribution in [-0.4, -0.2) is 23.3 Å². The molecule has 0 unspecified atom stereocenters. The molecular formula is C20H18ClNO2S. The molecule has 3 aromatic rings. The zero-order valence-electron chi connectivity index (χ0n) is 13.9. The summed E-state index contributed by atoms with van der Waals surface area (Å²) in [6.45, 7) is 2.21. The summed E-state index contributed by atoms with van der Waals surface area (Å²) < 4.78 is 5.00. The van der Waals surface area contributed by atoms with Crippen molar-refractivity contribution in [3.63, 3.8) is 0 Å². The van der Waals surface area contributed by atoms with Gasteiger partial charge in [0.25, 0.3) is 0 Å². The molecule has 3 nitrogen and oxygen atoms in total. The standard InChI is InChI=1S/C20H18ClNO2S/c1-2-24-20(23)13-25-19-9-10-22-12-15(19)11-14-7-8-18(21)17-6-4-3-5-16(14)17/h3-10,12H,2,11,13H2,1H3. The second-order valence-corrected chi connectivity index (χ2v) is 6.93. The fourth-order valence-corrected chi connectivity index (χ4v) is 3.76. The molecule has 0 aliphatic rings. The fraction of sp³-hybridized carbons (Fsp3) is 0.200. The number of nitrogens with zero attached hydrogens (tertiary/aromatic N) is 1. The first-order valence-electron chi connectivity index (χ1n) is 8.06. The van der Waals surface area contributed by atoms with Gasteiger partial charge in [0.15, 0.2) is 0 Å². The van der Waals surface area contributed by atoms with E-state index in [1.54, 1.807) is 6.20 Å². The Morgan fingerprint density at radius 2 is 1.92 bits per heavy atom. The number of aromatic nitrogens is 1. The molecule has 0 bridgehead atoms. The molecule has 0 aliphatic heterocycles. The molecule has 5 heteroatoms. The van der Waals surface area contributed by atoms with Crippen LogP contribution in [0.15, 0.2) is 59.8 Å². The number of rotatable bonds is 6. The predicted octanol–water partition coefficient (Wildman–Crippen LogP) is 5.13. The van der Waals surface area contributed by atoms with Gasteiger partial charge >= 0.3 is 5.97 Å². The van der Waals surface area contributed by atoms with E-state index < -0.39 is 0 Å². The van der Waals surface area contributed by atoms with Gasteiger partial charge in [-0.2, -0.15) is 0 Å². The molecule has 0 fully saturated rings. The van der Waals surface area contributed by atoms with Gasteiger partial charge in [0, 0.05) is 34.1 Å². The van der Waals surface area contributed by atoms with Crippen molar-refractivity contribution in [2.75, 3.05) is 12.4 Å². The molecular weight excluding hydrogens is 354 g/mol. The maximum absolute atomic E-state index is 11.6. The Balaban J connectivity index is 1.87. The van der Waals surface area contributed by atoms with Crippen molar-refractivity contribution in [2.24, 2.45) is 0 Å². The predicted molar refractivity (Wildman–Crippen MR) is 103 cm³/mol. The van der Waals surface area contributed by atoms with Gasteiger partial charge in [-0.3, -0.25) is 9.78 Å². The van der Waals surface area contributed by atoms with Crippen LogP contribution in [0.1, 0.15) is 18.1 Å². The van der Waals surface area contributed by atoms with E-state index in [4.69, 9.17) is 16.3 Å². The molecule has 1 aromatic heterocycles. The lowest BCUT2D eigenvalue weighted by Gasteiger charge is -2.11. The van der Waals surface area contributed by atoms with Crippen molar-refractivity contribution in [1.82, 2.24) is 4.98 Å². The molecule has 0 aliphatic carbocycles. The first kappa shape index (κ1) is 17.8. The molecule has 1 heterocycles. The Morgan fingerprint density at radius 1 is 1.12 bits per heavy atom.